The highest BCUT2D eigenvalue weighted by Crippen LogP contribution is 2.31. The lowest BCUT2D eigenvalue weighted by Gasteiger charge is -2.25. The van der Waals surface area contributed by atoms with Crippen molar-refractivity contribution >= 4 is 10.0 Å². The van der Waals surface area contributed by atoms with Gasteiger partial charge in [-0.25, -0.2) is 8.42 Å². The minimum atomic E-state index is -3.48. The Balaban J connectivity index is 1.89. The molecule has 0 aromatic heterocycles. The molecule has 0 spiro atoms. The highest BCUT2D eigenvalue weighted by molar-refractivity contribution is 7.89. The van der Waals surface area contributed by atoms with Gasteiger partial charge in [0.05, 0.1) is 12.0 Å². The second-order valence-corrected chi connectivity index (χ2v) is 9.00. The fourth-order valence-electron chi connectivity index (χ4n) is 3.60. The van der Waals surface area contributed by atoms with Gasteiger partial charge in [0.1, 0.15) is 5.75 Å². The zero-order valence-electron chi connectivity index (χ0n) is 15.7. The molecular weight excluding hydrogens is 346 g/mol. The molecule has 26 heavy (non-hydrogen) atoms. The van der Waals surface area contributed by atoms with Crippen LogP contribution in [0, 0.1) is 13.8 Å². The summed E-state index contributed by atoms with van der Waals surface area (Å²) in [7, 11) is -1.83. The molecule has 0 amide bonds. The van der Waals surface area contributed by atoms with E-state index in [9.17, 15) is 8.42 Å². The van der Waals surface area contributed by atoms with Crippen LogP contribution in [0.2, 0.25) is 0 Å². The minimum Gasteiger partial charge on any atom is -0.497 e. The molecule has 0 radical (unpaired) electrons. The summed E-state index contributed by atoms with van der Waals surface area (Å²) < 4.78 is 33.5. The average molecular weight is 374 g/mol. The minimum absolute atomic E-state index is 0.211. The molecule has 1 atom stereocenters. The third-order valence-corrected chi connectivity index (χ3v) is 7.19. The lowest BCUT2D eigenvalue weighted by molar-refractivity contribution is 0.404. The molecule has 3 rings (SSSR count). The van der Waals surface area contributed by atoms with Crippen LogP contribution in [0.25, 0.3) is 0 Å². The smallest absolute Gasteiger partial charge is 0.243 e. The van der Waals surface area contributed by atoms with E-state index in [1.54, 1.807) is 17.5 Å². The zero-order valence-corrected chi connectivity index (χ0v) is 16.6. The first-order valence-corrected chi connectivity index (χ1v) is 10.6. The molecule has 1 saturated heterocycles. The summed E-state index contributed by atoms with van der Waals surface area (Å²) in [4.78, 5) is 0.438. The summed E-state index contributed by atoms with van der Waals surface area (Å²) in [6, 6.07) is 13.6. The molecule has 1 heterocycles. The summed E-state index contributed by atoms with van der Waals surface area (Å²) in [6.45, 7) is 4.91. The second-order valence-electron chi connectivity index (χ2n) is 7.10. The normalized spacial score (nSPS) is 19.1. The molecule has 0 saturated carbocycles. The largest absolute Gasteiger partial charge is 0.497 e. The van der Waals surface area contributed by atoms with Crippen LogP contribution in [0.5, 0.6) is 5.75 Å². The summed E-state index contributed by atoms with van der Waals surface area (Å²) in [5, 5.41) is 0. The van der Waals surface area contributed by atoms with Crippen LogP contribution in [0.3, 0.4) is 0 Å². The Labute approximate surface area is 156 Å². The van der Waals surface area contributed by atoms with E-state index in [1.807, 2.05) is 38.1 Å². The number of nitrogens with zero attached hydrogens (tertiary/aromatic N) is 1. The number of sulfonamides is 1. The van der Waals surface area contributed by atoms with E-state index >= 15 is 0 Å². The van der Waals surface area contributed by atoms with Crippen molar-refractivity contribution in [2.24, 2.45) is 0 Å². The van der Waals surface area contributed by atoms with Crippen molar-refractivity contribution in [3.05, 3.63) is 59.2 Å². The Morgan fingerprint density at radius 1 is 1.04 bits per heavy atom. The van der Waals surface area contributed by atoms with Gasteiger partial charge < -0.3 is 4.74 Å². The van der Waals surface area contributed by atoms with Crippen LogP contribution in [-0.4, -0.2) is 32.9 Å². The quantitative estimate of drug-likeness (QED) is 0.804. The van der Waals surface area contributed by atoms with Gasteiger partial charge in [-0.2, -0.15) is 4.31 Å². The Morgan fingerprint density at radius 2 is 1.77 bits per heavy atom. The maximum Gasteiger partial charge on any atom is 0.243 e. The fourth-order valence-corrected chi connectivity index (χ4v) is 5.43. The van der Waals surface area contributed by atoms with Crippen molar-refractivity contribution in [2.75, 3.05) is 20.2 Å². The second kappa shape index (κ2) is 7.80. The Morgan fingerprint density at radius 3 is 2.46 bits per heavy atom. The van der Waals surface area contributed by atoms with Crippen LogP contribution < -0.4 is 4.74 Å². The lowest BCUT2D eigenvalue weighted by Crippen LogP contribution is -2.34. The van der Waals surface area contributed by atoms with Crippen molar-refractivity contribution in [3.8, 4) is 5.75 Å². The van der Waals surface area contributed by atoms with Gasteiger partial charge in [0.2, 0.25) is 10.0 Å². The van der Waals surface area contributed by atoms with E-state index < -0.39 is 10.0 Å². The SMILES string of the molecule is COc1ccc(C2CCCCN(S(=O)(=O)c3cc(C)ccc3C)C2)cc1. The van der Waals surface area contributed by atoms with Crippen molar-refractivity contribution in [1.82, 2.24) is 4.31 Å². The molecule has 1 aliphatic rings. The summed E-state index contributed by atoms with van der Waals surface area (Å²) in [6.07, 6.45) is 2.94. The standard InChI is InChI=1S/C21H27NO3S/c1-16-7-8-17(2)21(14-16)26(23,24)22-13-5-4-6-19(15-22)18-9-11-20(25-3)12-10-18/h7-12,14,19H,4-6,13,15H2,1-3H3. The van der Waals surface area contributed by atoms with Gasteiger partial charge in [0.15, 0.2) is 0 Å². The van der Waals surface area contributed by atoms with Crippen molar-refractivity contribution in [1.29, 1.82) is 0 Å². The van der Waals surface area contributed by atoms with Crippen LogP contribution in [0.1, 0.15) is 41.9 Å². The average Bonchev–Trinajstić information content (AvgIpc) is 2.90. The first kappa shape index (κ1) is 18.9. The molecule has 1 unspecified atom stereocenters. The molecule has 140 valence electrons. The number of hydrogen-bond donors (Lipinski definition) is 0. The number of hydrogen-bond acceptors (Lipinski definition) is 3. The van der Waals surface area contributed by atoms with E-state index in [-0.39, 0.29) is 5.92 Å². The Hall–Kier alpha value is -1.85. The molecule has 1 aliphatic heterocycles. The van der Waals surface area contributed by atoms with Crippen LogP contribution >= 0.6 is 0 Å². The highest BCUT2D eigenvalue weighted by atomic mass is 32.2. The van der Waals surface area contributed by atoms with Crippen molar-refractivity contribution in [3.63, 3.8) is 0 Å². The van der Waals surface area contributed by atoms with Crippen molar-refractivity contribution in [2.45, 2.75) is 43.9 Å². The molecule has 0 bridgehead atoms. The molecule has 5 heteroatoms. The third kappa shape index (κ3) is 3.94. The van der Waals surface area contributed by atoms with Crippen LogP contribution in [-0.2, 0) is 10.0 Å². The number of methoxy groups -OCH3 is 1. The lowest BCUT2D eigenvalue weighted by atomic mass is 9.94. The van der Waals surface area contributed by atoms with Crippen LogP contribution in [0.15, 0.2) is 47.4 Å². The van der Waals surface area contributed by atoms with E-state index in [4.69, 9.17) is 4.74 Å². The predicted octanol–water partition coefficient (Wildman–Crippen LogP) is 4.27. The van der Waals surface area contributed by atoms with Gasteiger partial charge >= 0.3 is 0 Å². The molecule has 1 fully saturated rings. The summed E-state index contributed by atoms with van der Waals surface area (Å²) >= 11 is 0. The third-order valence-electron chi connectivity index (χ3n) is 5.18. The van der Waals surface area contributed by atoms with E-state index in [1.165, 1.54) is 5.56 Å². The maximum atomic E-state index is 13.3. The highest BCUT2D eigenvalue weighted by Gasteiger charge is 2.30. The van der Waals surface area contributed by atoms with Gasteiger partial charge in [0.25, 0.3) is 0 Å². The summed E-state index contributed by atoms with van der Waals surface area (Å²) in [5.41, 5.74) is 2.95. The fraction of sp³-hybridized carbons (Fsp3) is 0.429. The predicted molar refractivity (Wildman–Crippen MR) is 104 cm³/mol. The number of aryl methyl sites for hydroxylation is 2. The molecule has 0 aliphatic carbocycles. The number of benzene rings is 2. The molecule has 0 N–H and O–H groups in total. The first-order valence-electron chi connectivity index (χ1n) is 9.13. The zero-order chi connectivity index (χ0) is 18.7. The van der Waals surface area contributed by atoms with E-state index in [0.29, 0.717) is 18.0 Å². The van der Waals surface area contributed by atoms with Gasteiger partial charge in [-0.15, -0.1) is 0 Å². The van der Waals surface area contributed by atoms with Crippen molar-refractivity contribution < 1.29 is 13.2 Å². The topological polar surface area (TPSA) is 46.6 Å². The monoisotopic (exact) mass is 373 g/mol. The van der Waals surface area contributed by atoms with Gasteiger partial charge in [-0.1, -0.05) is 30.7 Å². The summed E-state index contributed by atoms with van der Waals surface area (Å²) in [5.74, 6) is 1.03. The van der Waals surface area contributed by atoms with E-state index in [0.717, 1.165) is 36.1 Å². The van der Waals surface area contributed by atoms with E-state index in [2.05, 4.69) is 12.1 Å². The number of ether oxygens (including phenoxy) is 1. The molecule has 2 aromatic rings. The maximum absolute atomic E-state index is 13.3. The van der Waals surface area contributed by atoms with Gasteiger partial charge in [-0.05, 0) is 67.5 Å². The molecule has 2 aromatic carbocycles. The first-order chi connectivity index (χ1) is 12.4. The molecule has 4 nitrogen and oxygen atoms in total. The van der Waals surface area contributed by atoms with Gasteiger partial charge in [0, 0.05) is 13.1 Å². The Kier molecular flexibility index (Phi) is 5.68. The molecular formula is C21H27NO3S. The van der Waals surface area contributed by atoms with Crippen LogP contribution in [0.4, 0.5) is 0 Å². The number of rotatable bonds is 4. The van der Waals surface area contributed by atoms with Gasteiger partial charge in [-0.3, -0.25) is 0 Å². The Bertz CT molecular complexity index is 859.